The topological polar surface area (TPSA) is 21.3 Å². The predicted molar refractivity (Wildman–Crippen MR) is 96.9 cm³/mol. The Hall–Kier alpha value is -0.290. The van der Waals surface area contributed by atoms with Crippen molar-refractivity contribution < 1.29 is 4.74 Å². The average molecular weight is 399 g/mol. The molecule has 0 heterocycles. The fourth-order valence-electron chi connectivity index (χ4n) is 4.15. The van der Waals surface area contributed by atoms with Crippen LogP contribution < -0.4 is 5.32 Å². The van der Waals surface area contributed by atoms with Gasteiger partial charge in [-0.1, -0.05) is 25.3 Å². The molecule has 0 bridgehead atoms. The molecule has 2 fully saturated rings. The molecule has 2 aliphatic carbocycles. The van der Waals surface area contributed by atoms with Crippen molar-refractivity contribution in [3.8, 4) is 0 Å². The van der Waals surface area contributed by atoms with Gasteiger partial charge in [0.25, 0.3) is 0 Å². The summed E-state index contributed by atoms with van der Waals surface area (Å²) >= 11 is 2.43. The van der Waals surface area contributed by atoms with Crippen molar-refractivity contribution in [2.24, 2.45) is 5.41 Å². The lowest BCUT2D eigenvalue weighted by Crippen LogP contribution is -2.62. The molecule has 116 valence electrons. The number of hydrogen-bond acceptors (Lipinski definition) is 2. The summed E-state index contributed by atoms with van der Waals surface area (Å²) in [6.45, 7) is 5.14. The maximum Gasteiger partial charge on any atom is 0.0670 e. The summed E-state index contributed by atoms with van der Waals surface area (Å²) in [5.41, 5.74) is 3.02. The summed E-state index contributed by atoms with van der Waals surface area (Å²) in [7, 11) is 0. The summed E-state index contributed by atoms with van der Waals surface area (Å²) in [5.74, 6) is 0. The molecule has 2 aliphatic rings. The van der Waals surface area contributed by atoms with E-state index in [-0.39, 0.29) is 0 Å². The van der Waals surface area contributed by atoms with Crippen LogP contribution in [0.25, 0.3) is 0 Å². The molecule has 0 radical (unpaired) electrons. The van der Waals surface area contributed by atoms with Crippen molar-refractivity contribution in [3.05, 3.63) is 27.3 Å². The molecule has 2 nitrogen and oxygen atoms in total. The van der Waals surface area contributed by atoms with Gasteiger partial charge in [0.1, 0.15) is 0 Å². The van der Waals surface area contributed by atoms with Crippen LogP contribution in [0, 0.1) is 15.9 Å². The Kier molecular flexibility index (Phi) is 4.79. The number of hydrogen-bond donors (Lipinski definition) is 1. The highest BCUT2D eigenvalue weighted by Crippen LogP contribution is 2.54. The van der Waals surface area contributed by atoms with Crippen molar-refractivity contribution in [2.75, 3.05) is 11.9 Å². The average Bonchev–Trinajstić information content (AvgIpc) is 2.50. The lowest BCUT2D eigenvalue weighted by atomic mass is 9.55. The van der Waals surface area contributed by atoms with Crippen LogP contribution in [0.1, 0.15) is 51.0 Å². The highest BCUT2D eigenvalue weighted by atomic mass is 127. The second-order valence-corrected chi connectivity index (χ2v) is 7.80. The van der Waals surface area contributed by atoms with Gasteiger partial charge >= 0.3 is 0 Å². The van der Waals surface area contributed by atoms with E-state index in [1.54, 1.807) is 0 Å². The van der Waals surface area contributed by atoms with Gasteiger partial charge in [-0.15, -0.1) is 0 Å². The third kappa shape index (κ3) is 2.96. The lowest BCUT2D eigenvalue weighted by molar-refractivity contribution is -0.134. The molecule has 0 saturated heterocycles. The van der Waals surface area contributed by atoms with E-state index in [2.05, 4.69) is 60.0 Å². The Morgan fingerprint density at radius 2 is 2.05 bits per heavy atom. The summed E-state index contributed by atoms with van der Waals surface area (Å²) in [6, 6.07) is 7.31. The SMILES string of the molecule is CCOC1CC(Nc2ccc(C)c(I)c2)C12CCCCC2. The van der Waals surface area contributed by atoms with Gasteiger partial charge in [0.05, 0.1) is 6.10 Å². The van der Waals surface area contributed by atoms with Crippen LogP contribution in [0.15, 0.2) is 18.2 Å². The van der Waals surface area contributed by atoms with Crippen LogP contribution in [-0.2, 0) is 4.74 Å². The second-order valence-electron chi connectivity index (χ2n) is 6.63. The highest BCUT2D eigenvalue weighted by molar-refractivity contribution is 14.1. The molecular formula is C18H26INO. The number of halogens is 1. The van der Waals surface area contributed by atoms with Gasteiger partial charge in [-0.2, -0.15) is 0 Å². The van der Waals surface area contributed by atoms with Crippen LogP contribution in [0.2, 0.25) is 0 Å². The fourth-order valence-corrected chi connectivity index (χ4v) is 4.66. The number of nitrogens with one attached hydrogen (secondary N) is 1. The molecule has 3 heteroatoms. The highest BCUT2D eigenvalue weighted by Gasteiger charge is 2.55. The molecule has 3 rings (SSSR count). The van der Waals surface area contributed by atoms with Gasteiger partial charge in [-0.3, -0.25) is 0 Å². The summed E-state index contributed by atoms with van der Waals surface area (Å²) in [6.07, 6.45) is 8.44. The van der Waals surface area contributed by atoms with Crippen LogP contribution >= 0.6 is 22.6 Å². The normalized spacial score (nSPS) is 27.4. The van der Waals surface area contributed by atoms with Crippen molar-refractivity contribution in [2.45, 2.75) is 64.5 Å². The first-order chi connectivity index (χ1) is 10.2. The molecule has 2 saturated carbocycles. The monoisotopic (exact) mass is 399 g/mol. The maximum absolute atomic E-state index is 6.04. The molecule has 0 amide bonds. The van der Waals surface area contributed by atoms with Gasteiger partial charge in [-0.05, 0) is 73.4 Å². The second kappa shape index (κ2) is 6.45. The number of ether oxygens (including phenoxy) is 1. The minimum absolute atomic E-state index is 0.393. The number of benzene rings is 1. The smallest absolute Gasteiger partial charge is 0.0670 e. The van der Waals surface area contributed by atoms with E-state index in [9.17, 15) is 0 Å². The molecule has 21 heavy (non-hydrogen) atoms. The van der Waals surface area contributed by atoms with Crippen LogP contribution in [0.4, 0.5) is 5.69 Å². The molecule has 1 aromatic rings. The molecule has 1 N–H and O–H groups in total. The molecule has 2 unspecified atom stereocenters. The standard InChI is InChI=1S/C18H26INO/c1-3-21-17-12-16(18(17)9-5-4-6-10-18)20-14-8-7-13(2)15(19)11-14/h7-8,11,16-17,20H,3-6,9-10,12H2,1-2H3. The predicted octanol–water partition coefficient (Wildman–Crippen LogP) is 5.14. The summed E-state index contributed by atoms with van der Waals surface area (Å²) in [4.78, 5) is 0. The Morgan fingerprint density at radius 1 is 1.29 bits per heavy atom. The largest absolute Gasteiger partial charge is 0.382 e. The minimum Gasteiger partial charge on any atom is -0.382 e. The third-order valence-corrected chi connectivity index (χ3v) is 6.61. The Morgan fingerprint density at radius 3 is 2.71 bits per heavy atom. The lowest BCUT2D eigenvalue weighted by Gasteiger charge is -2.58. The first kappa shape index (κ1) is 15.6. The minimum atomic E-state index is 0.393. The van der Waals surface area contributed by atoms with Gasteiger partial charge in [0.15, 0.2) is 0 Å². The summed E-state index contributed by atoms with van der Waals surface area (Å²) in [5, 5.41) is 3.81. The van der Waals surface area contributed by atoms with E-state index in [1.807, 2.05) is 0 Å². The quantitative estimate of drug-likeness (QED) is 0.708. The van der Waals surface area contributed by atoms with Crippen LogP contribution in [0.3, 0.4) is 0 Å². The Balaban J connectivity index is 1.73. The summed E-state index contributed by atoms with van der Waals surface area (Å²) < 4.78 is 7.38. The van der Waals surface area contributed by atoms with Crippen molar-refractivity contribution >= 4 is 28.3 Å². The fraction of sp³-hybridized carbons (Fsp3) is 0.667. The van der Waals surface area contributed by atoms with E-state index in [0.717, 1.165) is 13.0 Å². The Bertz CT molecular complexity index is 496. The molecule has 1 aromatic carbocycles. The van der Waals surface area contributed by atoms with E-state index >= 15 is 0 Å². The molecule has 0 aromatic heterocycles. The van der Waals surface area contributed by atoms with Gasteiger partial charge < -0.3 is 10.1 Å². The van der Waals surface area contributed by atoms with E-state index in [1.165, 1.54) is 46.9 Å². The van der Waals surface area contributed by atoms with E-state index < -0.39 is 0 Å². The van der Waals surface area contributed by atoms with Crippen molar-refractivity contribution in [1.29, 1.82) is 0 Å². The zero-order valence-electron chi connectivity index (χ0n) is 13.1. The zero-order chi connectivity index (χ0) is 14.9. The number of aryl methyl sites for hydroxylation is 1. The first-order valence-corrected chi connectivity index (χ1v) is 9.38. The van der Waals surface area contributed by atoms with E-state index in [0.29, 0.717) is 17.6 Å². The van der Waals surface area contributed by atoms with E-state index in [4.69, 9.17) is 4.74 Å². The third-order valence-electron chi connectivity index (χ3n) is 5.45. The van der Waals surface area contributed by atoms with Gasteiger partial charge in [-0.25, -0.2) is 0 Å². The Labute approximate surface area is 142 Å². The molecule has 0 aliphatic heterocycles. The maximum atomic E-state index is 6.04. The zero-order valence-corrected chi connectivity index (χ0v) is 15.3. The van der Waals surface area contributed by atoms with Crippen molar-refractivity contribution in [3.63, 3.8) is 0 Å². The van der Waals surface area contributed by atoms with Gasteiger partial charge in [0.2, 0.25) is 0 Å². The number of rotatable bonds is 4. The first-order valence-electron chi connectivity index (χ1n) is 8.30. The van der Waals surface area contributed by atoms with Crippen molar-refractivity contribution in [1.82, 2.24) is 0 Å². The molecule has 2 atom stereocenters. The number of anilines is 1. The molecule has 1 spiro atoms. The van der Waals surface area contributed by atoms with Crippen LogP contribution in [0.5, 0.6) is 0 Å². The van der Waals surface area contributed by atoms with Gasteiger partial charge in [0, 0.05) is 27.3 Å². The van der Waals surface area contributed by atoms with Crippen LogP contribution in [-0.4, -0.2) is 18.8 Å². The molecular weight excluding hydrogens is 373 g/mol.